The Balaban J connectivity index is 0.000000214. The van der Waals surface area contributed by atoms with Gasteiger partial charge in [-0.25, -0.2) is 9.59 Å². The summed E-state index contributed by atoms with van der Waals surface area (Å²) in [5, 5.41) is 0. The first-order chi connectivity index (χ1) is 41.6. The summed E-state index contributed by atoms with van der Waals surface area (Å²) in [6.45, 7) is 13.7. The number of amides is 4. The number of esters is 4. The van der Waals surface area contributed by atoms with Crippen molar-refractivity contribution >= 4 is 58.9 Å². The average molecular weight is 1190 g/mol. The number of anilines is 2. The standard InChI is InChI=1S/2C19H22N2O2.2C17H16O4/c1-13-8-6-7-9-17(13)14-10-15(18(22)20(2)3)12-16(11-14)19(23)21(4)5;1-13-8-6-7-9-19(13)16-10-17(20(4)14(2)22)12-18(11-16)21(5)15(3)23;1-11-6-4-5-7-15(11)12-8-13(16(18)20-2)10-14(9-12)17(19)21-3;1-11-6-4-5-7-17(11)14-8-15(20-12(2)18)10-16(9-14)21-13(3)19/h2*6-12H,1-5H3;2*4-10H,1-3H3. The molecular formula is C72H76N4O12. The number of hydrogen-bond acceptors (Lipinski definition) is 12. The highest BCUT2D eigenvalue weighted by Gasteiger charge is 2.19. The molecule has 0 spiro atoms. The van der Waals surface area contributed by atoms with Crippen molar-refractivity contribution in [3.8, 4) is 56.0 Å². The van der Waals surface area contributed by atoms with E-state index < -0.39 is 23.9 Å². The molecule has 0 aliphatic heterocycles. The molecule has 456 valence electrons. The van der Waals surface area contributed by atoms with Gasteiger partial charge in [-0.1, -0.05) is 97.1 Å². The fourth-order valence-corrected chi connectivity index (χ4v) is 9.07. The van der Waals surface area contributed by atoms with Crippen molar-refractivity contribution in [2.45, 2.75) is 55.4 Å². The molecule has 0 aliphatic rings. The number of nitrogens with zero attached hydrogens (tertiary/aromatic N) is 4. The van der Waals surface area contributed by atoms with E-state index in [-0.39, 0.29) is 23.6 Å². The molecule has 8 rings (SSSR count). The normalized spacial score (nSPS) is 10.2. The van der Waals surface area contributed by atoms with Gasteiger partial charge in [0.15, 0.2) is 0 Å². The Bertz CT molecular complexity index is 3740. The number of carbonyl (C=O) groups is 8. The summed E-state index contributed by atoms with van der Waals surface area (Å²) >= 11 is 0. The molecule has 0 unspecified atom stereocenters. The van der Waals surface area contributed by atoms with Crippen LogP contribution >= 0.6 is 0 Å². The smallest absolute Gasteiger partial charge is 0.337 e. The first-order valence-electron chi connectivity index (χ1n) is 27.9. The number of hydrogen-bond donors (Lipinski definition) is 0. The van der Waals surface area contributed by atoms with Crippen LogP contribution in [0.5, 0.6) is 11.5 Å². The van der Waals surface area contributed by atoms with Crippen LogP contribution in [0.25, 0.3) is 44.5 Å². The summed E-state index contributed by atoms with van der Waals surface area (Å²) in [6, 6.07) is 52.6. The van der Waals surface area contributed by atoms with Gasteiger partial charge in [0.1, 0.15) is 11.5 Å². The summed E-state index contributed by atoms with van der Waals surface area (Å²) in [5.74, 6) is -1.48. The number of aryl methyl sites for hydroxylation is 4. The molecule has 0 heterocycles. The minimum Gasteiger partial charge on any atom is -0.465 e. The zero-order valence-corrected chi connectivity index (χ0v) is 52.9. The molecule has 0 radical (unpaired) electrons. The fraction of sp³-hybridized carbons (Fsp3) is 0.222. The van der Waals surface area contributed by atoms with Gasteiger partial charge >= 0.3 is 23.9 Å². The number of rotatable bonds is 12. The molecule has 0 aromatic heterocycles. The van der Waals surface area contributed by atoms with Crippen molar-refractivity contribution in [1.29, 1.82) is 0 Å². The Labute approximate surface area is 515 Å². The Morgan fingerprint density at radius 1 is 0.330 bits per heavy atom. The zero-order valence-electron chi connectivity index (χ0n) is 52.9. The molecule has 0 saturated carbocycles. The molecule has 0 bridgehead atoms. The summed E-state index contributed by atoms with van der Waals surface area (Å²) in [6.07, 6.45) is 0. The van der Waals surface area contributed by atoms with E-state index in [1.807, 2.05) is 155 Å². The van der Waals surface area contributed by atoms with Gasteiger partial charge in [0.05, 0.1) is 25.3 Å². The van der Waals surface area contributed by atoms with E-state index in [0.29, 0.717) is 33.8 Å². The molecule has 0 atom stereocenters. The van der Waals surface area contributed by atoms with E-state index in [0.717, 1.165) is 78.1 Å². The van der Waals surface area contributed by atoms with Gasteiger partial charge in [-0.05, 0) is 161 Å². The Kier molecular flexibility index (Phi) is 24.5. The lowest BCUT2D eigenvalue weighted by Crippen LogP contribution is -2.25. The van der Waals surface area contributed by atoms with Crippen LogP contribution in [0, 0.1) is 27.7 Å². The van der Waals surface area contributed by atoms with E-state index in [2.05, 4.69) is 0 Å². The minimum atomic E-state index is -0.490. The molecule has 8 aromatic carbocycles. The summed E-state index contributed by atoms with van der Waals surface area (Å²) < 4.78 is 19.7. The predicted octanol–water partition coefficient (Wildman–Crippen LogP) is 13.4. The van der Waals surface area contributed by atoms with Crippen molar-refractivity contribution in [1.82, 2.24) is 9.80 Å². The van der Waals surface area contributed by atoms with Gasteiger partial charge in [0.2, 0.25) is 11.8 Å². The molecule has 16 heteroatoms. The Morgan fingerprint density at radius 3 is 0.875 bits per heavy atom. The lowest BCUT2D eigenvalue weighted by molar-refractivity contribution is -0.132. The van der Waals surface area contributed by atoms with Crippen molar-refractivity contribution in [3.05, 3.63) is 214 Å². The van der Waals surface area contributed by atoms with Crippen LogP contribution in [-0.2, 0) is 28.7 Å². The SMILES string of the molecule is CC(=O)N(C)c1cc(-c2ccccc2C)cc(N(C)C(C)=O)c1.CC(=O)Oc1cc(OC(C)=O)cc(-c2ccccc2C)c1.COC(=O)c1cc(C(=O)OC)cc(-c2ccccc2C)c1.Cc1ccccc1-c1cc(C(=O)N(C)C)cc(C(=O)N(C)C)c1. The predicted molar refractivity (Wildman–Crippen MR) is 346 cm³/mol. The lowest BCUT2D eigenvalue weighted by atomic mass is 9.96. The van der Waals surface area contributed by atoms with E-state index in [9.17, 15) is 38.4 Å². The van der Waals surface area contributed by atoms with Crippen molar-refractivity contribution < 1.29 is 57.3 Å². The van der Waals surface area contributed by atoms with E-state index >= 15 is 0 Å². The van der Waals surface area contributed by atoms with Gasteiger partial charge < -0.3 is 38.5 Å². The first-order valence-corrected chi connectivity index (χ1v) is 27.9. The number of methoxy groups -OCH3 is 2. The van der Waals surface area contributed by atoms with E-state index in [1.54, 1.807) is 82.4 Å². The lowest BCUT2D eigenvalue weighted by Gasteiger charge is -2.22. The Morgan fingerprint density at radius 2 is 0.602 bits per heavy atom. The van der Waals surface area contributed by atoms with Gasteiger partial charge in [-0.3, -0.25) is 28.8 Å². The van der Waals surface area contributed by atoms with E-state index in [4.69, 9.17) is 18.9 Å². The van der Waals surface area contributed by atoms with Crippen LogP contribution in [0.15, 0.2) is 170 Å². The first kappa shape index (κ1) is 68.3. The fourth-order valence-electron chi connectivity index (χ4n) is 9.07. The summed E-state index contributed by atoms with van der Waals surface area (Å²) in [5.41, 5.74) is 15.1. The highest BCUT2D eigenvalue weighted by Crippen LogP contribution is 2.35. The maximum atomic E-state index is 12.4. The molecule has 88 heavy (non-hydrogen) atoms. The highest BCUT2D eigenvalue weighted by molar-refractivity contribution is 6.02. The second-order valence-electron chi connectivity index (χ2n) is 21.0. The van der Waals surface area contributed by atoms with Crippen molar-refractivity contribution in [2.75, 3.05) is 66.3 Å². The molecule has 4 amide bonds. The summed E-state index contributed by atoms with van der Waals surface area (Å²) in [4.78, 5) is 100. The quantitative estimate of drug-likeness (QED) is 0.0833. The van der Waals surface area contributed by atoms with Crippen LogP contribution < -0.4 is 19.3 Å². The topological polar surface area (TPSA) is 186 Å². The zero-order chi connectivity index (χ0) is 65.1. The highest BCUT2D eigenvalue weighted by atomic mass is 16.5. The third-order valence-electron chi connectivity index (χ3n) is 13.9. The van der Waals surface area contributed by atoms with Crippen molar-refractivity contribution in [2.24, 2.45) is 0 Å². The van der Waals surface area contributed by atoms with Crippen LogP contribution in [0.2, 0.25) is 0 Å². The van der Waals surface area contributed by atoms with Crippen LogP contribution in [0.4, 0.5) is 11.4 Å². The molecule has 8 aromatic rings. The third kappa shape index (κ3) is 18.8. The van der Waals surface area contributed by atoms with Crippen LogP contribution in [0.1, 0.15) is 91.4 Å². The molecule has 0 N–H and O–H groups in total. The second kappa shape index (κ2) is 31.6. The molecule has 16 nitrogen and oxygen atoms in total. The molecule has 0 saturated heterocycles. The second-order valence-corrected chi connectivity index (χ2v) is 21.0. The maximum absolute atomic E-state index is 12.4. The largest absolute Gasteiger partial charge is 0.465 e. The molecular weight excluding hydrogens is 1110 g/mol. The molecule has 0 fully saturated rings. The van der Waals surface area contributed by atoms with Gasteiger partial charge in [0, 0.05) is 98.5 Å². The number of ether oxygens (including phenoxy) is 4. The maximum Gasteiger partial charge on any atom is 0.337 e. The third-order valence-corrected chi connectivity index (χ3v) is 13.9. The molecule has 0 aliphatic carbocycles. The number of carbonyl (C=O) groups excluding carboxylic acids is 8. The monoisotopic (exact) mass is 1190 g/mol. The Hall–Kier alpha value is -10.5. The van der Waals surface area contributed by atoms with E-state index in [1.165, 1.54) is 63.8 Å². The minimum absolute atomic E-state index is 0.0524. The van der Waals surface area contributed by atoms with Crippen LogP contribution in [0.3, 0.4) is 0 Å². The average Bonchev–Trinajstić information content (AvgIpc) is 2.04. The van der Waals surface area contributed by atoms with Gasteiger partial charge in [-0.15, -0.1) is 0 Å². The van der Waals surface area contributed by atoms with Gasteiger partial charge in [0.25, 0.3) is 11.8 Å². The summed E-state index contributed by atoms with van der Waals surface area (Å²) in [7, 11) is 12.9. The van der Waals surface area contributed by atoms with Crippen molar-refractivity contribution in [3.63, 3.8) is 0 Å². The number of benzene rings is 8. The van der Waals surface area contributed by atoms with Gasteiger partial charge in [-0.2, -0.15) is 0 Å². The van der Waals surface area contributed by atoms with Crippen LogP contribution in [-0.4, -0.2) is 114 Å².